The summed E-state index contributed by atoms with van der Waals surface area (Å²) in [6, 6.07) is 23.8. The molecule has 1 saturated carbocycles. The van der Waals surface area contributed by atoms with Crippen molar-refractivity contribution in [3.05, 3.63) is 120 Å². The third-order valence-corrected chi connectivity index (χ3v) is 11.8. The minimum Gasteiger partial charge on any atom is -0.508 e. The van der Waals surface area contributed by atoms with Crippen LogP contribution in [0.3, 0.4) is 0 Å². The molecular formula is C48H62N2O11. The Hall–Kier alpha value is -4.76. The zero-order valence-electron chi connectivity index (χ0n) is 35.0. The first-order chi connectivity index (χ1) is 29.9. The number of allylic oxidation sites excluding steroid dienone is 1. The molecule has 4 N–H and O–H groups in total. The lowest BCUT2D eigenvalue weighted by Crippen LogP contribution is -2.70. The normalized spacial score (nSPS) is 23.3. The number of benzene rings is 3. The summed E-state index contributed by atoms with van der Waals surface area (Å²) in [7, 11) is 0. The maximum absolute atomic E-state index is 14.6. The van der Waals surface area contributed by atoms with Gasteiger partial charge in [-0.25, -0.2) is 4.79 Å². The van der Waals surface area contributed by atoms with E-state index in [1.54, 1.807) is 29.2 Å². The van der Waals surface area contributed by atoms with Gasteiger partial charge in [-0.1, -0.05) is 90.8 Å². The van der Waals surface area contributed by atoms with Crippen molar-refractivity contribution < 1.29 is 53.7 Å². The van der Waals surface area contributed by atoms with Gasteiger partial charge in [-0.05, 0) is 72.4 Å². The van der Waals surface area contributed by atoms with E-state index < -0.39 is 23.8 Å². The minimum absolute atomic E-state index is 0.00422. The highest BCUT2D eigenvalue weighted by Crippen LogP contribution is 2.62. The van der Waals surface area contributed by atoms with Crippen molar-refractivity contribution in [2.24, 2.45) is 22.9 Å². The van der Waals surface area contributed by atoms with E-state index in [1.807, 2.05) is 60.7 Å². The van der Waals surface area contributed by atoms with Gasteiger partial charge >= 0.3 is 6.09 Å². The summed E-state index contributed by atoms with van der Waals surface area (Å²) in [4.78, 5) is 22.3. The lowest BCUT2D eigenvalue weighted by molar-refractivity contribution is -0.256. The monoisotopic (exact) mass is 842 g/mol. The number of phenolic OH excluding ortho intramolecular Hbond substituents is 1. The summed E-state index contributed by atoms with van der Waals surface area (Å²) in [6.45, 7) is 5.00. The van der Waals surface area contributed by atoms with Crippen molar-refractivity contribution in [3.8, 4) is 11.5 Å². The number of fused-ring (bicyclic) bond motifs is 2. The zero-order valence-corrected chi connectivity index (χ0v) is 35.0. The van der Waals surface area contributed by atoms with Gasteiger partial charge in [0.15, 0.2) is 0 Å². The molecule has 1 amide bonds. The van der Waals surface area contributed by atoms with E-state index in [9.17, 15) is 25.2 Å². The van der Waals surface area contributed by atoms with Gasteiger partial charge in [0.2, 0.25) is 5.79 Å². The molecular weight excluding hydrogens is 781 g/mol. The van der Waals surface area contributed by atoms with E-state index in [1.165, 1.54) is 0 Å². The number of oxime groups is 1. The average Bonchev–Trinajstić information content (AvgIpc) is 3.28. The first-order valence-electron chi connectivity index (χ1n) is 21.6. The Balaban J connectivity index is 1.46. The summed E-state index contributed by atoms with van der Waals surface area (Å²) < 4.78 is 31.7. The van der Waals surface area contributed by atoms with Crippen molar-refractivity contribution in [2.45, 2.75) is 75.9 Å². The van der Waals surface area contributed by atoms with Crippen LogP contribution in [0, 0.1) is 17.8 Å². The molecule has 3 aliphatic rings. The fourth-order valence-corrected chi connectivity index (χ4v) is 9.16. The number of hydrogen-bond acceptors (Lipinski definition) is 12. The number of hydrogen-bond donors (Lipinski definition) is 4. The zero-order chi connectivity index (χ0) is 42.9. The Morgan fingerprint density at radius 1 is 0.852 bits per heavy atom. The molecule has 0 bridgehead atoms. The number of phenols is 1. The van der Waals surface area contributed by atoms with Crippen LogP contribution in [0.25, 0.3) is 0 Å². The van der Waals surface area contributed by atoms with Crippen LogP contribution in [0.2, 0.25) is 0 Å². The molecule has 3 aromatic rings. The van der Waals surface area contributed by atoms with E-state index in [2.05, 4.69) is 12.7 Å². The molecule has 61 heavy (non-hydrogen) atoms. The van der Waals surface area contributed by atoms with Crippen molar-refractivity contribution in [1.82, 2.24) is 4.90 Å². The van der Waals surface area contributed by atoms with Crippen LogP contribution in [0.15, 0.2) is 108 Å². The second-order valence-electron chi connectivity index (χ2n) is 15.7. The van der Waals surface area contributed by atoms with E-state index in [0.29, 0.717) is 30.9 Å². The maximum atomic E-state index is 14.6. The molecule has 330 valence electrons. The van der Waals surface area contributed by atoms with Crippen molar-refractivity contribution in [3.63, 3.8) is 0 Å². The maximum Gasteiger partial charge on any atom is 0.410 e. The first-order valence-corrected chi connectivity index (χ1v) is 21.6. The number of aliphatic hydroxyl groups excluding tert-OH is 3. The molecule has 2 aliphatic carbocycles. The number of ether oxygens (including phenoxy) is 5. The van der Waals surface area contributed by atoms with Crippen molar-refractivity contribution in [2.75, 3.05) is 59.4 Å². The quantitative estimate of drug-likeness (QED) is 0.0398. The molecule has 3 aromatic carbocycles. The van der Waals surface area contributed by atoms with Crippen LogP contribution in [-0.4, -0.2) is 108 Å². The molecule has 6 rings (SSSR count). The highest BCUT2D eigenvalue weighted by molar-refractivity contribution is 6.03. The molecule has 1 heterocycles. The van der Waals surface area contributed by atoms with Gasteiger partial charge in [0.05, 0.1) is 51.3 Å². The Labute approximate surface area is 359 Å². The number of rotatable bonds is 25. The summed E-state index contributed by atoms with van der Waals surface area (Å²) >= 11 is 0. The highest BCUT2D eigenvalue weighted by atomic mass is 16.7. The number of aromatic hydroxyl groups is 1. The summed E-state index contributed by atoms with van der Waals surface area (Å²) in [5, 5.41) is 45.1. The Kier molecular flexibility index (Phi) is 17.6. The summed E-state index contributed by atoms with van der Waals surface area (Å²) in [5.41, 5.74) is 4.26. The van der Waals surface area contributed by atoms with E-state index in [0.717, 1.165) is 47.9 Å². The van der Waals surface area contributed by atoms with Crippen LogP contribution in [0.1, 0.15) is 67.6 Å². The number of aliphatic hydroxyl groups is 3. The van der Waals surface area contributed by atoms with Gasteiger partial charge in [0.25, 0.3) is 0 Å². The number of carbonyl (C=O) groups is 1. The number of amides is 1. The van der Waals surface area contributed by atoms with Crippen LogP contribution in [0.4, 0.5) is 4.79 Å². The first kappa shape index (κ1) is 45.8. The number of unbranched alkanes of at least 4 members (excludes halogenated alkanes) is 2. The predicted molar refractivity (Wildman–Crippen MR) is 230 cm³/mol. The lowest BCUT2D eigenvalue weighted by atomic mass is 9.55. The molecule has 1 aliphatic heterocycles. The van der Waals surface area contributed by atoms with Crippen LogP contribution in [0.5, 0.6) is 11.5 Å². The van der Waals surface area contributed by atoms with E-state index >= 15 is 0 Å². The fourth-order valence-electron chi connectivity index (χ4n) is 9.16. The van der Waals surface area contributed by atoms with Gasteiger partial charge in [-0.3, -0.25) is 4.90 Å². The standard InChI is InChI=1S/C48H62N2O11/c1-2-25-59-48-44(50(21-26-56-27-24-53)47(55)58-29-28-57-33-35-13-5-3-6-14-35)32-42(49-60-34-36-15-7-4-8-16-36)40-30-37(17-9-11-22-51)39(18-10-12-23-52)45(46(40)48)41-31-38(54)19-20-43(41)61-48/h2-8,13-16,19-20,30-31,37,39,44-46,51-54H,1,9-12,17-18,21-29,32-34H2/t37-,39+,44-,45+,46+,48+/m0/s1. The third-order valence-electron chi connectivity index (χ3n) is 11.8. The van der Waals surface area contributed by atoms with E-state index in [4.69, 9.17) is 33.7 Å². The van der Waals surface area contributed by atoms with Gasteiger partial charge in [0, 0.05) is 37.7 Å². The van der Waals surface area contributed by atoms with Crippen molar-refractivity contribution >= 4 is 11.8 Å². The predicted octanol–water partition coefficient (Wildman–Crippen LogP) is 6.89. The topological polar surface area (TPSA) is 169 Å². The fraction of sp³-hybridized carbons (Fsp3) is 0.500. The molecule has 0 saturated heterocycles. The smallest absolute Gasteiger partial charge is 0.410 e. The number of carbonyl (C=O) groups excluding carboxylic acids is 1. The second kappa shape index (κ2) is 23.5. The highest BCUT2D eigenvalue weighted by Gasteiger charge is 2.65. The average molecular weight is 843 g/mol. The van der Waals surface area contributed by atoms with Gasteiger partial charge in [-0.2, -0.15) is 0 Å². The van der Waals surface area contributed by atoms with Gasteiger partial charge < -0.3 is 48.9 Å². The van der Waals surface area contributed by atoms with Gasteiger partial charge in [0.1, 0.15) is 30.8 Å². The SMILES string of the molecule is C=CCO[C@@]12Oc3ccc(O)cc3[C@H]3[C@H](CCCCO)[C@@H](CCCCO)C=C(C(=NOCc4ccccc4)C[C@@H]1N(CCOCCO)C(=O)OCCOCc1ccccc1)[C@H]32. The van der Waals surface area contributed by atoms with Crippen LogP contribution < -0.4 is 4.74 Å². The molecule has 1 fully saturated rings. The molecule has 13 nitrogen and oxygen atoms in total. The largest absolute Gasteiger partial charge is 0.508 e. The summed E-state index contributed by atoms with van der Waals surface area (Å²) in [6.07, 6.45) is 7.83. The Morgan fingerprint density at radius 3 is 2.28 bits per heavy atom. The lowest BCUT2D eigenvalue weighted by Gasteiger charge is -2.59. The minimum atomic E-state index is -1.52. The molecule has 13 heteroatoms. The molecule has 0 radical (unpaired) electrons. The van der Waals surface area contributed by atoms with E-state index in [-0.39, 0.29) is 95.9 Å². The number of nitrogens with zero attached hydrogens (tertiary/aromatic N) is 2. The van der Waals surface area contributed by atoms with Crippen molar-refractivity contribution in [1.29, 1.82) is 0 Å². The third kappa shape index (κ3) is 11.6. The molecule has 0 aromatic heterocycles. The molecule has 0 spiro atoms. The van der Waals surface area contributed by atoms with Crippen LogP contribution >= 0.6 is 0 Å². The Bertz CT molecular complexity index is 1880. The molecule has 6 atom stereocenters. The summed E-state index contributed by atoms with van der Waals surface area (Å²) in [5.74, 6) is -1.72. The second-order valence-corrected chi connectivity index (χ2v) is 15.7. The molecule has 0 unspecified atom stereocenters. The van der Waals surface area contributed by atoms with Crippen LogP contribution in [-0.2, 0) is 37.0 Å². The Morgan fingerprint density at radius 2 is 1.57 bits per heavy atom. The van der Waals surface area contributed by atoms with Gasteiger partial charge in [-0.15, -0.1) is 6.58 Å².